The lowest BCUT2D eigenvalue weighted by molar-refractivity contribution is -0.181. The number of rotatable bonds is 3. The van der Waals surface area contributed by atoms with Gasteiger partial charge in [-0.3, -0.25) is 14.5 Å². The summed E-state index contributed by atoms with van der Waals surface area (Å²) in [7, 11) is 0. The molecule has 0 N–H and O–H groups in total. The molecule has 0 aromatic carbocycles. The van der Waals surface area contributed by atoms with E-state index in [-0.39, 0.29) is 11.8 Å². The van der Waals surface area contributed by atoms with E-state index in [2.05, 4.69) is 10.1 Å². The van der Waals surface area contributed by atoms with Crippen LogP contribution in [0, 0.1) is 31.6 Å². The molecule has 3 atom stereocenters. The number of hydrogen-bond donors (Lipinski definition) is 0. The summed E-state index contributed by atoms with van der Waals surface area (Å²) in [5.74, 6) is 1.65. The van der Waals surface area contributed by atoms with Gasteiger partial charge in [0.25, 0.3) is 5.91 Å². The van der Waals surface area contributed by atoms with Crippen LogP contribution in [0.2, 0.25) is 0 Å². The lowest BCUT2D eigenvalue weighted by Gasteiger charge is -2.33. The van der Waals surface area contributed by atoms with Gasteiger partial charge in [0.1, 0.15) is 5.76 Å². The van der Waals surface area contributed by atoms with Gasteiger partial charge in [-0.15, -0.1) is 0 Å². The molecule has 1 aromatic rings. The molecule has 3 fully saturated rings. The largest absolute Gasteiger partial charge is 0.380 e. The van der Waals surface area contributed by atoms with Crippen LogP contribution in [0.4, 0.5) is 0 Å². The highest BCUT2D eigenvalue weighted by Crippen LogP contribution is 2.36. The number of likely N-dealkylation sites (tertiary alicyclic amines) is 1. The maximum atomic E-state index is 12.8. The summed E-state index contributed by atoms with van der Waals surface area (Å²) in [4.78, 5) is 20.6. The van der Waals surface area contributed by atoms with E-state index in [4.69, 9.17) is 14.1 Å². The number of aromatic nitrogens is 1. The third-order valence-corrected chi connectivity index (χ3v) is 5.59. The normalized spacial score (nSPS) is 30.8. The van der Waals surface area contributed by atoms with Crippen LogP contribution < -0.4 is 0 Å². The number of hydrogen-bond acceptors (Lipinski definition) is 6. The second-order valence-corrected chi connectivity index (χ2v) is 7.19. The molecule has 3 aliphatic rings. The van der Waals surface area contributed by atoms with Gasteiger partial charge >= 0.3 is 0 Å². The highest BCUT2D eigenvalue weighted by Gasteiger charge is 2.45. The highest BCUT2D eigenvalue weighted by atomic mass is 16.7. The van der Waals surface area contributed by atoms with Crippen molar-refractivity contribution in [2.45, 2.75) is 26.8 Å². The summed E-state index contributed by atoms with van der Waals surface area (Å²) >= 11 is 0. The van der Waals surface area contributed by atoms with E-state index in [0.29, 0.717) is 31.6 Å². The Labute approximate surface area is 141 Å². The van der Waals surface area contributed by atoms with E-state index in [1.54, 1.807) is 5.06 Å². The van der Waals surface area contributed by atoms with Gasteiger partial charge in [-0.1, -0.05) is 5.16 Å². The topological polar surface area (TPSA) is 68.0 Å². The Morgan fingerprint density at radius 3 is 2.88 bits per heavy atom. The van der Waals surface area contributed by atoms with E-state index in [0.717, 1.165) is 44.1 Å². The van der Waals surface area contributed by atoms with Crippen molar-refractivity contribution in [3.05, 3.63) is 17.0 Å². The summed E-state index contributed by atoms with van der Waals surface area (Å²) in [5, 5.41) is 5.59. The second-order valence-electron chi connectivity index (χ2n) is 7.19. The van der Waals surface area contributed by atoms with Gasteiger partial charge in [0, 0.05) is 25.2 Å². The van der Waals surface area contributed by atoms with Gasteiger partial charge in [0.15, 0.2) is 0 Å². The van der Waals surface area contributed by atoms with Gasteiger partial charge in [0.2, 0.25) is 0 Å². The highest BCUT2D eigenvalue weighted by molar-refractivity contribution is 5.78. The maximum absolute atomic E-state index is 12.8. The fourth-order valence-electron chi connectivity index (χ4n) is 4.23. The molecule has 4 heterocycles. The molecule has 0 saturated carbocycles. The van der Waals surface area contributed by atoms with Crippen molar-refractivity contribution in [1.82, 2.24) is 15.1 Å². The molecule has 132 valence electrons. The van der Waals surface area contributed by atoms with Crippen LogP contribution in [-0.4, -0.2) is 60.5 Å². The minimum absolute atomic E-state index is 0.0866. The van der Waals surface area contributed by atoms with Gasteiger partial charge in [-0.05, 0) is 32.1 Å². The Bertz CT molecular complexity index is 591. The minimum atomic E-state index is -0.0866. The average Bonchev–Trinajstić information content (AvgIpc) is 3.30. The van der Waals surface area contributed by atoms with Crippen LogP contribution in [0.3, 0.4) is 0 Å². The third kappa shape index (κ3) is 2.85. The molecule has 7 nitrogen and oxygen atoms in total. The zero-order chi connectivity index (χ0) is 16.7. The van der Waals surface area contributed by atoms with Crippen molar-refractivity contribution in [2.75, 3.05) is 39.5 Å². The Hall–Kier alpha value is -1.44. The zero-order valence-corrected chi connectivity index (χ0v) is 14.4. The summed E-state index contributed by atoms with van der Waals surface area (Å²) in [6.45, 7) is 9.25. The monoisotopic (exact) mass is 335 g/mol. The number of ether oxygens (including phenoxy) is 1. The number of nitrogens with zero attached hydrogens (tertiary/aromatic N) is 3. The average molecular weight is 335 g/mol. The van der Waals surface area contributed by atoms with E-state index >= 15 is 0 Å². The number of carbonyl (C=O) groups excluding carboxylic acids is 1. The quantitative estimate of drug-likeness (QED) is 0.825. The van der Waals surface area contributed by atoms with Crippen molar-refractivity contribution in [3.8, 4) is 0 Å². The standard InChI is InChI=1S/C17H25N3O4/c1-11-14(12(2)24-18-11)7-19-6-13-9-22-10-16(15(13)8-19)17(21)20-4-3-5-23-20/h13,15-16H,3-10H2,1-2H3/t13-,15-,16+/m1/s1. The van der Waals surface area contributed by atoms with Crippen LogP contribution in [0.15, 0.2) is 4.52 Å². The van der Waals surface area contributed by atoms with Crippen LogP contribution in [0.5, 0.6) is 0 Å². The first-order valence-electron chi connectivity index (χ1n) is 8.79. The Morgan fingerprint density at radius 1 is 1.29 bits per heavy atom. The molecule has 3 saturated heterocycles. The van der Waals surface area contributed by atoms with Crippen LogP contribution in [0.25, 0.3) is 0 Å². The molecule has 1 amide bonds. The molecule has 1 aromatic heterocycles. The van der Waals surface area contributed by atoms with Gasteiger partial charge < -0.3 is 9.26 Å². The zero-order valence-electron chi connectivity index (χ0n) is 14.4. The van der Waals surface area contributed by atoms with Crippen molar-refractivity contribution in [2.24, 2.45) is 17.8 Å². The van der Waals surface area contributed by atoms with Crippen LogP contribution >= 0.6 is 0 Å². The minimum Gasteiger partial charge on any atom is -0.380 e. The number of amides is 1. The molecular weight excluding hydrogens is 310 g/mol. The summed E-state index contributed by atoms with van der Waals surface area (Å²) in [5.41, 5.74) is 2.12. The van der Waals surface area contributed by atoms with Crippen LogP contribution in [0.1, 0.15) is 23.4 Å². The predicted molar refractivity (Wildman–Crippen MR) is 84.8 cm³/mol. The molecule has 0 bridgehead atoms. The second kappa shape index (κ2) is 6.46. The fourth-order valence-corrected chi connectivity index (χ4v) is 4.23. The first-order valence-corrected chi connectivity index (χ1v) is 8.79. The first kappa shape index (κ1) is 16.1. The number of fused-ring (bicyclic) bond motifs is 1. The molecule has 0 spiro atoms. The number of aryl methyl sites for hydroxylation is 2. The maximum Gasteiger partial charge on any atom is 0.251 e. The molecule has 3 aliphatic heterocycles. The van der Waals surface area contributed by atoms with Gasteiger partial charge in [-0.2, -0.15) is 0 Å². The van der Waals surface area contributed by atoms with Crippen molar-refractivity contribution < 1.29 is 18.9 Å². The summed E-state index contributed by atoms with van der Waals surface area (Å²) in [6, 6.07) is 0. The Balaban J connectivity index is 1.45. The predicted octanol–water partition coefficient (Wildman–Crippen LogP) is 1.15. The molecule has 7 heteroatoms. The summed E-state index contributed by atoms with van der Waals surface area (Å²) in [6.07, 6.45) is 0.922. The molecule has 0 aliphatic carbocycles. The third-order valence-electron chi connectivity index (χ3n) is 5.59. The molecule has 4 rings (SSSR count). The lowest BCUT2D eigenvalue weighted by Crippen LogP contribution is -2.45. The smallest absolute Gasteiger partial charge is 0.251 e. The van der Waals surface area contributed by atoms with E-state index in [9.17, 15) is 4.79 Å². The van der Waals surface area contributed by atoms with Gasteiger partial charge in [0.05, 0.1) is 38.0 Å². The van der Waals surface area contributed by atoms with Crippen molar-refractivity contribution >= 4 is 5.91 Å². The Morgan fingerprint density at radius 2 is 2.17 bits per heavy atom. The number of carbonyl (C=O) groups is 1. The molecule has 0 radical (unpaired) electrons. The van der Waals surface area contributed by atoms with E-state index < -0.39 is 0 Å². The number of hydroxylamine groups is 2. The molecular formula is C17H25N3O4. The van der Waals surface area contributed by atoms with Crippen molar-refractivity contribution in [1.29, 1.82) is 0 Å². The van der Waals surface area contributed by atoms with Crippen molar-refractivity contribution in [3.63, 3.8) is 0 Å². The van der Waals surface area contributed by atoms with Gasteiger partial charge in [-0.25, -0.2) is 5.06 Å². The lowest BCUT2D eigenvalue weighted by atomic mass is 9.82. The molecule has 0 unspecified atom stereocenters. The SMILES string of the molecule is Cc1noc(C)c1CN1C[C@@H]2COC[C@H](C(=O)N3CCCO3)[C@@H]2C1. The fraction of sp³-hybridized carbons (Fsp3) is 0.765. The van der Waals surface area contributed by atoms with Crippen LogP contribution in [-0.2, 0) is 20.9 Å². The van der Waals surface area contributed by atoms with E-state index in [1.165, 1.54) is 5.56 Å². The Kier molecular flexibility index (Phi) is 4.32. The summed E-state index contributed by atoms with van der Waals surface area (Å²) < 4.78 is 11.0. The first-order chi connectivity index (χ1) is 11.6. The van der Waals surface area contributed by atoms with E-state index in [1.807, 2.05) is 13.8 Å². The molecule has 24 heavy (non-hydrogen) atoms.